The third-order valence-corrected chi connectivity index (χ3v) is 5.26. The Labute approximate surface area is 162 Å². The summed E-state index contributed by atoms with van der Waals surface area (Å²) in [5.41, 5.74) is 6.51. The van der Waals surface area contributed by atoms with Crippen molar-refractivity contribution in [3.8, 4) is 0 Å². The highest BCUT2D eigenvalue weighted by atomic mass is 15.1. The van der Waals surface area contributed by atoms with Gasteiger partial charge in [0.2, 0.25) is 0 Å². The summed E-state index contributed by atoms with van der Waals surface area (Å²) in [6.07, 6.45) is 12.1. The number of nitrogens with zero attached hydrogens (tertiary/aromatic N) is 1. The number of benzene rings is 3. The quantitative estimate of drug-likeness (QED) is 0.496. The molecule has 0 aliphatic carbocycles. The fourth-order valence-corrected chi connectivity index (χ4v) is 3.93. The van der Waals surface area contributed by atoms with Gasteiger partial charge in [0.25, 0.3) is 0 Å². The van der Waals surface area contributed by atoms with E-state index in [0.717, 1.165) is 13.0 Å². The number of aryl methyl sites for hydroxylation is 1. The molecule has 0 spiro atoms. The normalized spacial score (nSPS) is 15.0. The minimum absolute atomic E-state index is 0.956. The van der Waals surface area contributed by atoms with Crippen LogP contribution in [0, 0.1) is 0 Å². The average molecular weight is 351 g/mol. The van der Waals surface area contributed by atoms with Crippen molar-refractivity contribution in [1.82, 2.24) is 0 Å². The van der Waals surface area contributed by atoms with Crippen LogP contribution in [0.2, 0.25) is 0 Å². The zero-order valence-corrected chi connectivity index (χ0v) is 16.0. The Hall–Kier alpha value is -3.06. The van der Waals surface area contributed by atoms with Gasteiger partial charge < -0.3 is 4.90 Å². The summed E-state index contributed by atoms with van der Waals surface area (Å²) in [4.78, 5) is 2.36. The molecule has 3 aromatic carbocycles. The minimum atomic E-state index is 0.956. The first-order chi connectivity index (χ1) is 13.3. The molecule has 1 nitrogen and oxygen atoms in total. The van der Waals surface area contributed by atoms with Crippen LogP contribution >= 0.6 is 0 Å². The van der Waals surface area contributed by atoms with Crippen molar-refractivity contribution in [3.05, 3.63) is 101 Å². The lowest BCUT2D eigenvalue weighted by molar-refractivity contribution is 0.971. The first-order valence-electron chi connectivity index (χ1n) is 9.75. The van der Waals surface area contributed by atoms with Gasteiger partial charge in [-0.25, -0.2) is 0 Å². The molecular formula is C26H25N. The number of hydrogen-bond donors (Lipinski definition) is 0. The van der Waals surface area contributed by atoms with Crippen LogP contribution in [0.25, 0.3) is 22.9 Å². The standard InChI is InChI=1S/C26H25N/c1-3-24-20(16-17-21-10-5-7-14-25(21)24)12-9-13-23-19-18-22-11-6-8-15-26(22)27(23)4-2/h5-19H,3-4H2,1-2H3/b12-9?,23-13+. The highest BCUT2D eigenvalue weighted by Gasteiger charge is 2.14. The first kappa shape index (κ1) is 17.4. The number of rotatable bonds is 4. The predicted octanol–water partition coefficient (Wildman–Crippen LogP) is 6.85. The summed E-state index contributed by atoms with van der Waals surface area (Å²) in [6.45, 7) is 5.39. The molecule has 0 saturated heterocycles. The maximum Gasteiger partial charge on any atom is 0.0484 e. The van der Waals surface area contributed by atoms with Gasteiger partial charge in [-0.2, -0.15) is 0 Å². The van der Waals surface area contributed by atoms with Crippen molar-refractivity contribution in [3.63, 3.8) is 0 Å². The number of hydrogen-bond acceptors (Lipinski definition) is 1. The SMILES string of the molecule is CCc1c(C=C/C=C2\C=Cc3ccccc3N2CC)ccc2ccccc12. The number of likely N-dealkylation sites (N-methyl/N-ethyl adjacent to an activating group) is 1. The van der Waals surface area contributed by atoms with Crippen molar-refractivity contribution in [1.29, 1.82) is 0 Å². The fourth-order valence-electron chi connectivity index (χ4n) is 3.93. The van der Waals surface area contributed by atoms with E-state index in [1.165, 1.54) is 38.8 Å². The second-order valence-electron chi connectivity index (χ2n) is 6.80. The van der Waals surface area contributed by atoms with E-state index in [4.69, 9.17) is 0 Å². The zero-order chi connectivity index (χ0) is 18.6. The highest BCUT2D eigenvalue weighted by Crippen LogP contribution is 2.30. The van der Waals surface area contributed by atoms with E-state index in [1.807, 2.05) is 0 Å². The number of fused-ring (bicyclic) bond motifs is 2. The average Bonchev–Trinajstić information content (AvgIpc) is 2.73. The molecule has 0 bridgehead atoms. The molecular weight excluding hydrogens is 326 g/mol. The Morgan fingerprint density at radius 1 is 0.852 bits per heavy atom. The van der Waals surface area contributed by atoms with Crippen LogP contribution in [0.4, 0.5) is 5.69 Å². The van der Waals surface area contributed by atoms with E-state index in [0.29, 0.717) is 0 Å². The molecule has 0 atom stereocenters. The number of allylic oxidation sites excluding steroid dienone is 3. The summed E-state index contributed by atoms with van der Waals surface area (Å²) in [5, 5.41) is 2.67. The molecule has 0 amide bonds. The highest BCUT2D eigenvalue weighted by molar-refractivity contribution is 5.89. The molecule has 4 rings (SSSR count). The van der Waals surface area contributed by atoms with E-state index in [1.54, 1.807) is 0 Å². The largest absolute Gasteiger partial charge is 0.341 e. The van der Waals surface area contributed by atoms with Gasteiger partial charge in [-0.05, 0) is 59.0 Å². The van der Waals surface area contributed by atoms with Crippen LogP contribution in [0.1, 0.15) is 30.5 Å². The second kappa shape index (κ2) is 7.67. The van der Waals surface area contributed by atoms with Crippen molar-refractivity contribution < 1.29 is 0 Å². The van der Waals surface area contributed by atoms with Crippen molar-refractivity contribution >= 4 is 28.6 Å². The summed E-state index contributed by atoms with van der Waals surface area (Å²) >= 11 is 0. The summed E-state index contributed by atoms with van der Waals surface area (Å²) in [6, 6.07) is 21.7. The lowest BCUT2D eigenvalue weighted by Gasteiger charge is -2.29. The topological polar surface area (TPSA) is 3.24 Å². The van der Waals surface area contributed by atoms with Gasteiger partial charge in [0, 0.05) is 17.9 Å². The maximum absolute atomic E-state index is 2.36. The molecule has 1 heterocycles. The number of para-hydroxylation sites is 1. The first-order valence-corrected chi connectivity index (χ1v) is 9.75. The summed E-state index contributed by atoms with van der Waals surface area (Å²) in [7, 11) is 0. The molecule has 1 heteroatoms. The van der Waals surface area contributed by atoms with Gasteiger partial charge in [-0.3, -0.25) is 0 Å². The Morgan fingerprint density at radius 2 is 1.67 bits per heavy atom. The van der Waals surface area contributed by atoms with E-state index < -0.39 is 0 Å². The molecule has 3 aromatic rings. The van der Waals surface area contributed by atoms with Crippen LogP contribution in [-0.2, 0) is 6.42 Å². The molecule has 134 valence electrons. The maximum atomic E-state index is 2.36. The fraction of sp³-hybridized carbons (Fsp3) is 0.154. The zero-order valence-electron chi connectivity index (χ0n) is 16.0. The van der Waals surface area contributed by atoms with Crippen LogP contribution in [0.15, 0.2) is 84.6 Å². The van der Waals surface area contributed by atoms with E-state index in [9.17, 15) is 0 Å². The van der Waals surface area contributed by atoms with Gasteiger partial charge in [0.1, 0.15) is 0 Å². The Morgan fingerprint density at radius 3 is 2.52 bits per heavy atom. The summed E-state index contributed by atoms with van der Waals surface area (Å²) in [5.74, 6) is 0. The smallest absolute Gasteiger partial charge is 0.0484 e. The van der Waals surface area contributed by atoms with Crippen molar-refractivity contribution in [2.45, 2.75) is 20.3 Å². The van der Waals surface area contributed by atoms with Gasteiger partial charge in [0.05, 0.1) is 0 Å². The third-order valence-electron chi connectivity index (χ3n) is 5.26. The van der Waals surface area contributed by atoms with Gasteiger partial charge in [0.15, 0.2) is 0 Å². The van der Waals surface area contributed by atoms with Crippen LogP contribution in [0.3, 0.4) is 0 Å². The van der Waals surface area contributed by atoms with E-state index >= 15 is 0 Å². The van der Waals surface area contributed by atoms with Crippen LogP contribution in [-0.4, -0.2) is 6.54 Å². The lowest BCUT2D eigenvalue weighted by Crippen LogP contribution is -2.23. The van der Waals surface area contributed by atoms with Crippen LogP contribution in [0.5, 0.6) is 0 Å². The monoisotopic (exact) mass is 351 g/mol. The Kier molecular flexibility index (Phi) is 4.93. The molecule has 1 aliphatic heterocycles. The number of anilines is 1. The molecule has 0 saturated carbocycles. The van der Waals surface area contributed by atoms with E-state index in [2.05, 4.69) is 110 Å². The van der Waals surface area contributed by atoms with Gasteiger partial charge in [-0.1, -0.05) is 79.7 Å². The lowest BCUT2D eigenvalue weighted by atomic mass is 9.97. The van der Waals surface area contributed by atoms with E-state index in [-0.39, 0.29) is 0 Å². The Balaban J connectivity index is 1.67. The molecule has 0 radical (unpaired) electrons. The third kappa shape index (κ3) is 3.33. The molecule has 0 N–H and O–H groups in total. The van der Waals surface area contributed by atoms with Crippen LogP contribution < -0.4 is 4.90 Å². The second-order valence-corrected chi connectivity index (χ2v) is 6.80. The molecule has 0 fully saturated rings. The molecule has 0 aromatic heterocycles. The Bertz CT molecular complexity index is 1050. The van der Waals surface area contributed by atoms with Gasteiger partial charge >= 0.3 is 0 Å². The molecule has 1 aliphatic rings. The van der Waals surface area contributed by atoms with Gasteiger partial charge in [-0.15, -0.1) is 0 Å². The summed E-state index contributed by atoms with van der Waals surface area (Å²) < 4.78 is 0. The molecule has 0 unspecified atom stereocenters. The van der Waals surface area contributed by atoms with Crippen molar-refractivity contribution in [2.75, 3.05) is 11.4 Å². The predicted molar refractivity (Wildman–Crippen MR) is 119 cm³/mol. The minimum Gasteiger partial charge on any atom is -0.341 e. The molecule has 27 heavy (non-hydrogen) atoms. The van der Waals surface area contributed by atoms with Crippen molar-refractivity contribution in [2.24, 2.45) is 0 Å².